The van der Waals surface area contributed by atoms with Crippen LogP contribution in [0.5, 0.6) is 11.5 Å². The minimum Gasteiger partial charge on any atom is -0.508 e. The zero-order valence-electron chi connectivity index (χ0n) is 17.0. The van der Waals surface area contributed by atoms with Crippen molar-refractivity contribution in [2.24, 2.45) is 22.7 Å². The predicted octanol–water partition coefficient (Wildman–Crippen LogP) is 5.30. The first-order chi connectivity index (χ1) is 12.1. The Labute approximate surface area is 157 Å². The van der Waals surface area contributed by atoms with E-state index >= 15 is 0 Å². The maximum Gasteiger partial charge on any atom is 0.125 e. The Bertz CT molecular complexity index is 737. The molecule has 0 radical (unpaired) electrons. The van der Waals surface area contributed by atoms with Crippen molar-refractivity contribution in [3.8, 4) is 11.5 Å². The van der Waals surface area contributed by atoms with Gasteiger partial charge in [0.05, 0.1) is 6.61 Å². The van der Waals surface area contributed by atoms with Crippen LogP contribution in [0, 0.1) is 22.7 Å². The SMILES string of the molecule is COCc1cc(O)c2c(c1O)C1(C)CCC3C(C)(C)CCCC3(C)C1C2. The lowest BCUT2D eigenvalue weighted by Gasteiger charge is -2.61. The zero-order valence-corrected chi connectivity index (χ0v) is 17.0. The van der Waals surface area contributed by atoms with E-state index in [2.05, 4.69) is 27.7 Å². The van der Waals surface area contributed by atoms with Gasteiger partial charge in [0.1, 0.15) is 11.5 Å². The number of hydrogen-bond acceptors (Lipinski definition) is 3. The quantitative estimate of drug-likeness (QED) is 0.705. The van der Waals surface area contributed by atoms with Gasteiger partial charge >= 0.3 is 0 Å². The molecule has 0 amide bonds. The fourth-order valence-electron chi connectivity index (χ4n) is 7.45. The molecule has 4 rings (SSSR count). The highest BCUT2D eigenvalue weighted by atomic mass is 16.5. The lowest BCUT2D eigenvalue weighted by atomic mass is 9.43. The van der Waals surface area contributed by atoms with E-state index in [0.717, 1.165) is 29.9 Å². The third-order valence-corrected chi connectivity index (χ3v) is 8.54. The maximum absolute atomic E-state index is 11.1. The number of rotatable bonds is 2. The zero-order chi connectivity index (χ0) is 18.9. The van der Waals surface area contributed by atoms with Crippen LogP contribution in [0.1, 0.15) is 76.5 Å². The predicted molar refractivity (Wildman–Crippen MR) is 103 cm³/mol. The Morgan fingerprint density at radius 1 is 1.08 bits per heavy atom. The Kier molecular flexibility index (Phi) is 3.94. The van der Waals surface area contributed by atoms with Crippen LogP contribution in [0.3, 0.4) is 0 Å². The van der Waals surface area contributed by atoms with E-state index in [-0.39, 0.29) is 10.8 Å². The van der Waals surface area contributed by atoms with Gasteiger partial charge < -0.3 is 14.9 Å². The van der Waals surface area contributed by atoms with Crippen LogP contribution in [0.15, 0.2) is 6.07 Å². The summed E-state index contributed by atoms with van der Waals surface area (Å²) in [5.41, 5.74) is 3.31. The van der Waals surface area contributed by atoms with Crippen molar-refractivity contribution in [2.75, 3.05) is 7.11 Å². The largest absolute Gasteiger partial charge is 0.508 e. The van der Waals surface area contributed by atoms with Crippen LogP contribution >= 0.6 is 0 Å². The minimum atomic E-state index is -0.0562. The van der Waals surface area contributed by atoms with Crippen molar-refractivity contribution in [1.29, 1.82) is 0 Å². The van der Waals surface area contributed by atoms with Gasteiger partial charge in [-0.15, -0.1) is 0 Å². The molecule has 2 N–H and O–H groups in total. The molecule has 0 spiro atoms. The summed E-state index contributed by atoms with van der Waals surface area (Å²) in [5.74, 6) is 1.91. The monoisotopic (exact) mass is 358 g/mol. The Morgan fingerprint density at radius 3 is 2.50 bits per heavy atom. The molecule has 2 saturated carbocycles. The number of benzene rings is 1. The normalized spacial score (nSPS) is 37.7. The van der Waals surface area contributed by atoms with E-state index in [9.17, 15) is 10.2 Å². The first kappa shape index (κ1) is 18.2. The first-order valence-corrected chi connectivity index (χ1v) is 10.2. The summed E-state index contributed by atoms with van der Waals surface area (Å²) in [7, 11) is 1.63. The van der Waals surface area contributed by atoms with Crippen molar-refractivity contribution in [3.05, 3.63) is 22.8 Å². The Hall–Kier alpha value is -1.22. The van der Waals surface area contributed by atoms with Crippen molar-refractivity contribution in [2.45, 2.75) is 78.2 Å². The molecule has 0 aliphatic heterocycles. The summed E-state index contributed by atoms with van der Waals surface area (Å²) < 4.78 is 5.25. The number of fused-ring (bicyclic) bond motifs is 5. The second kappa shape index (κ2) is 5.64. The number of phenols is 2. The summed E-state index contributed by atoms with van der Waals surface area (Å²) in [5, 5.41) is 21.8. The van der Waals surface area contributed by atoms with Crippen LogP contribution in [0.25, 0.3) is 0 Å². The van der Waals surface area contributed by atoms with Gasteiger partial charge in [0.15, 0.2) is 0 Å². The first-order valence-electron chi connectivity index (χ1n) is 10.2. The second-order valence-electron chi connectivity index (χ2n) is 10.3. The summed E-state index contributed by atoms with van der Waals surface area (Å²) >= 11 is 0. The van der Waals surface area contributed by atoms with Crippen LogP contribution < -0.4 is 0 Å². The van der Waals surface area contributed by atoms with Gasteiger partial charge in [0, 0.05) is 29.2 Å². The summed E-state index contributed by atoms with van der Waals surface area (Å²) in [4.78, 5) is 0. The molecular formula is C23H34O3. The Morgan fingerprint density at radius 2 is 1.81 bits per heavy atom. The van der Waals surface area contributed by atoms with Crippen molar-refractivity contribution in [3.63, 3.8) is 0 Å². The molecule has 3 aliphatic rings. The molecule has 3 heteroatoms. The molecule has 2 fully saturated rings. The summed E-state index contributed by atoms with van der Waals surface area (Å²) in [6, 6.07) is 1.71. The van der Waals surface area contributed by atoms with Crippen molar-refractivity contribution < 1.29 is 14.9 Å². The molecule has 0 heterocycles. The van der Waals surface area contributed by atoms with Crippen LogP contribution in [0.2, 0.25) is 0 Å². The van der Waals surface area contributed by atoms with Gasteiger partial charge in [-0.2, -0.15) is 0 Å². The molecule has 1 aromatic rings. The molecule has 144 valence electrons. The van der Waals surface area contributed by atoms with Gasteiger partial charge in [-0.05, 0) is 60.8 Å². The number of ether oxygens (including phenoxy) is 1. The van der Waals surface area contributed by atoms with Gasteiger partial charge in [0.25, 0.3) is 0 Å². The lowest BCUT2D eigenvalue weighted by molar-refractivity contribution is -0.0985. The molecular weight excluding hydrogens is 324 g/mol. The van der Waals surface area contributed by atoms with E-state index in [1.165, 1.54) is 25.7 Å². The van der Waals surface area contributed by atoms with Gasteiger partial charge in [-0.25, -0.2) is 0 Å². The van der Waals surface area contributed by atoms with E-state index in [4.69, 9.17) is 4.74 Å². The van der Waals surface area contributed by atoms with Crippen molar-refractivity contribution in [1.82, 2.24) is 0 Å². The van der Waals surface area contributed by atoms with Crippen LogP contribution in [-0.2, 0) is 23.2 Å². The third kappa shape index (κ3) is 2.22. The molecule has 1 aromatic carbocycles. The minimum absolute atomic E-state index is 0.0562. The van der Waals surface area contributed by atoms with Crippen LogP contribution in [0.4, 0.5) is 0 Å². The van der Waals surface area contributed by atoms with E-state index in [0.29, 0.717) is 35.0 Å². The number of hydrogen-bond donors (Lipinski definition) is 2. The molecule has 0 aromatic heterocycles. The standard InChI is InChI=1S/C23H34O3/c1-21(2)8-6-9-22(3)17(21)7-10-23(4)18(22)12-15-16(24)11-14(13-26-5)20(25)19(15)23/h11,17-18,24-25H,6-10,12-13H2,1-5H3. The molecule has 3 aliphatic carbocycles. The molecule has 4 atom stereocenters. The lowest BCUT2D eigenvalue weighted by Crippen LogP contribution is -2.55. The average molecular weight is 359 g/mol. The highest BCUT2D eigenvalue weighted by Crippen LogP contribution is 2.69. The number of methoxy groups -OCH3 is 1. The number of aromatic hydroxyl groups is 2. The average Bonchev–Trinajstić information content (AvgIpc) is 2.87. The van der Waals surface area contributed by atoms with Crippen molar-refractivity contribution >= 4 is 0 Å². The second-order valence-corrected chi connectivity index (χ2v) is 10.3. The summed E-state index contributed by atoms with van der Waals surface area (Å²) in [6.45, 7) is 10.1. The van der Waals surface area contributed by atoms with Gasteiger partial charge in [0.2, 0.25) is 0 Å². The molecule has 0 saturated heterocycles. The highest BCUT2D eigenvalue weighted by molar-refractivity contribution is 5.59. The molecule has 3 nitrogen and oxygen atoms in total. The maximum atomic E-state index is 11.1. The number of phenolic OH excluding ortho intramolecular Hbond substituents is 2. The molecule has 26 heavy (non-hydrogen) atoms. The Balaban J connectivity index is 1.84. The fraction of sp³-hybridized carbons (Fsp3) is 0.739. The topological polar surface area (TPSA) is 49.7 Å². The molecule has 0 bridgehead atoms. The fourth-order valence-corrected chi connectivity index (χ4v) is 7.45. The summed E-state index contributed by atoms with van der Waals surface area (Å²) in [6.07, 6.45) is 7.07. The van der Waals surface area contributed by atoms with E-state index < -0.39 is 0 Å². The van der Waals surface area contributed by atoms with E-state index in [1.54, 1.807) is 13.2 Å². The highest BCUT2D eigenvalue weighted by Gasteiger charge is 2.62. The van der Waals surface area contributed by atoms with Gasteiger partial charge in [-0.3, -0.25) is 0 Å². The third-order valence-electron chi connectivity index (χ3n) is 8.54. The van der Waals surface area contributed by atoms with Crippen LogP contribution in [-0.4, -0.2) is 17.3 Å². The smallest absolute Gasteiger partial charge is 0.125 e. The molecule has 4 unspecified atom stereocenters. The van der Waals surface area contributed by atoms with E-state index in [1.807, 2.05) is 0 Å². The van der Waals surface area contributed by atoms with Gasteiger partial charge in [-0.1, -0.05) is 34.1 Å².